The second kappa shape index (κ2) is 9.05. The highest BCUT2D eigenvalue weighted by Gasteiger charge is 2.25. The molecule has 3 rings (SSSR count). The van der Waals surface area contributed by atoms with Gasteiger partial charge < -0.3 is 10.2 Å². The van der Waals surface area contributed by atoms with Crippen molar-refractivity contribution < 1.29 is 13.2 Å². The van der Waals surface area contributed by atoms with E-state index in [0.717, 1.165) is 18.7 Å². The Morgan fingerprint density at radius 3 is 2.32 bits per heavy atom. The predicted molar refractivity (Wildman–Crippen MR) is 111 cm³/mol. The molecular weight excluding hydrogens is 398 g/mol. The van der Waals surface area contributed by atoms with Crippen LogP contribution in [0, 0.1) is 0 Å². The highest BCUT2D eigenvalue weighted by molar-refractivity contribution is 7.88. The molecule has 1 fully saturated rings. The SMILES string of the molecule is CN1CCN(S(=O)(=O)Cc2ccc(C(=O)NCc3ccccc3Cl)cc2)CC1. The molecule has 0 aromatic heterocycles. The second-order valence-corrected chi connectivity index (χ2v) is 9.31. The van der Waals surface area contributed by atoms with Crippen LogP contribution in [-0.4, -0.2) is 56.8 Å². The molecular formula is C20H24ClN3O3S. The van der Waals surface area contributed by atoms with Crippen molar-refractivity contribution in [1.29, 1.82) is 0 Å². The van der Waals surface area contributed by atoms with Crippen LogP contribution in [0.3, 0.4) is 0 Å². The van der Waals surface area contributed by atoms with E-state index in [0.29, 0.717) is 35.8 Å². The first-order chi connectivity index (χ1) is 13.3. The molecule has 0 aliphatic carbocycles. The smallest absolute Gasteiger partial charge is 0.251 e. The van der Waals surface area contributed by atoms with Gasteiger partial charge in [-0.2, -0.15) is 4.31 Å². The van der Waals surface area contributed by atoms with Crippen molar-refractivity contribution in [2.24, 2.45) is 0 Å². The van der Waals surface area contributed by atoms with Gasteiger partial charge in [0, 0.05) is 43.3 Å². The number of halogens is 1. The number of nitrogens with zero attached hydrogens (tertiary/aromatic N) is 2. The van der Waals surface area contributed by atoms with Crippen LogP contribution in [0.2, 0.25) is 5.02 Å². The largest absolute Gasteiger partial charge is 0.348 e. The first-order valence-corrected chi connectivity index (χ1v) is 11.1. The van der Waals surface area contributed by atoms with E-state index in [1.54, 1.807) is 30.3 Å². The molecule has 0 unspecified atom stereocenters. The van der Waals surface area contributed by atoms with Gasteiger partial charge in [-0.05, 0) is 36.4 Å². The Kier molecular flexibility index (Phi) is 6.72. The van der Waals surface area contributed by atoms with E-state index < -0.39 is 10.0 Å². The van der Waals surface area contributed by atoms with Crippen LogP contribution in [-0.2, 0) is 22.3 Å². The summed E-state index contributed by atoms with van der Waals surface area (Å²) in [6.45, 7) is 2.84. The lowest BCUT2D eigenvalue weighted by Crippen LogP contribution is -2.47. The molecule has 1 aliphatic rings. The van der Waals surface area contributed by atoms with E-state index in [1.807, 2.05) is 25.2 Å². The molecule has 0 radical (unpaired) electrons. The van der Waals surface area contributed by atoms with E-state index in [2.05, 4.69) is 10.2 Å². The minimum atomic E-state index is -3.35. The van der Waals surface area contributed by atoms with Gasteiger partial charge in [0.25, 0.3) is 5.91 Å². The molecule has 1 amide bonds. The summed E-state index contributed by atoms with van der Waals surface area (Å²) < 4.78 is 26.7. The number of piperazine rings is 1. The zero-order chi connectivity index (χ0) is 20.1. The lowest BCUT2D eigenvalue weighted by Gasteiger charge is -2.31. The maximum Gasteiger partial charge on any atom is 0.251 e. The number of carbonyl (C=O) groups is 1. The van der Waals surface area contributed by atoms with Crippen molar-refractivity contribution in [2.45, 2.75) is 12.3 Å². The van der Waals surface area contributed by atoms with Crippen molar-refractivity contribution in [3.05, 3.63) is 70.2 Å². The summed E-state index contributed by atoms with van der Waals surface area (Å²) in [4.78, 5) is 14.4. The average molecular weight is 422 g/mol. The molecule has 6 nitrogen and oxygen atoms in total. The van der Waals surface area contributed by atoms with Gasteiger partial charge in [0.2, 0.25) is 10.0 Å². The van der Waals surface area contributed by atoms with E-state index in [-0.39, 0.29) is 11.7 Å². The second-order valence-electron chi connectivity index (χ2n) is 6.93. The number of carbonyl (C=O) groups excluding carboxylic acids is 1. The Morgan fingerprint density at radius 2 is 1.68 bits per heavy atom. The van der Waals surface area contributed by atoms with Gasteiger partial charge in [-0.15, -0.1) is 0 Å². The first kappa shape index (κ1) is 20.8. The Labute approximate surface area is 171 Å². The molecule has 1 N–H and O–H groups in total. The number of nitrogens with one attached hydrogen (secondary N) is 1. The summed E-state index contributed by atoms with van der Waals surface area (Å²) in [7, 11) is -1.37. The number of likely N-dealkylation sites (N-methyl/N-ethyl adjacent to an activating group) is 1. The summed E-state index contributed by atoms with van der Waals surface area (Å²) >= 11 is 6.09. The van der Waals surface area contributed by atoms with Crippen molar-refractivity contribution in [1.82, 2.24) is 14.5 Å². The summed E-state index contributed by atoms with van der Waals surface area (Å²) in [5.41, 5.74) is 1.99. The molecule has 28 heavy (non-hydrogen) atoms. The number of hydrogen-bond acceptors (Lipinski definition) is 4. The molecule has 0 saturated carbocycles. The van der Waals surface area contributed by atoms with Crippen molar-refractivity contribution in [3.8, 4) is 0 Å². The van der Waals surface area contributed by atoms with Crippen molar-refractivity contribution in [3.63, 3.8) is 0 Å². The molecule has 1 heterocycles. The molecule has 1 saturated heterocycles. The van der Waals surface area contributed by atoms with E-state index >= 15 is 0 Å². The molecule has 0 spiro atoms. The Bertz CT molecular complexity index is 924. The van der Waals surface area contributed by atoms with Crippen LogP contribution in [0.4, 0.5) is 0 Å². The number of rotatable bonds is 6. The van der Waals surface area contributed by atoms with E-state index in [4.69, 9.17) is 11.6 Å². The Hall–Kier alpha value is -1.93. The van der Waals surface area contributed by atoms with Crippen LogP contribution in [0.15, 0.2) is 48.5 Å². The maximum atomic E-state index is 12.6. The van der Waals surface area contributed by atoms with Crippen LogP contribution >= 0.6 is 11.6 Å². The van der Waals surface area contributed by atoms with Crippen LogP contribution in [0.25, 0.3) is 0 Å². The fourth-order valence-corrected chi connectivity index (χ4v) is 4.76. The van der Waals surface area contributed by atoms with Crippen LogP contribution in [0.1, 0.15) is 21.5 Å². The molecule has 2 aromatic carbocycles. The fraction of sp³-hybridized carbons (Fsp3) is 0.350. The third-order valence-electron chi connectivity index (χ3n) is 4.82. The van der Waals surface area contributed by atoms with Crippen LogP contribution in [0.5, 0.6) is 0 Å². The third kappa shape index (κ3) is 5.32. The van der Waals surface area contributed by atoms with Gasteiger partial charge in [0.1, 0.15) is 0 Å². The molecule has 8 heteroatoms. The fourth-order valence-electron chi connectivity index (χ4n) is 3.04. The minimum absolute atomic E-state index is 0.0573. The van der Waals surface area contributed by atoms with Gasteiger partial charge in [0.15, 0.2) is 0 Å². The molecule has 1 aliphatic heterocycles. The summed E-state index contributed by atoms with van der Waals surface area (Å²) in [6.07, 6.45) is 0. The van der Waals surface area contributed by atoms with Gasteiger partial charge >= 0.3 is 0 Å². The van der Waals surface area contributed by atoms with Crippen LogP contribution < -0.4 is 5.32 Å². The topological polar surface area (TPSA) is 69.7 Å². The van der Waals surface area contributed by atoms with Gasteiger partial charge in [-0.1, -0.05) is 41.9 Å². The molecule has 0 atom stereocenters. The molecule has 150 valence electrons. The van der Waals surface area contributed by atoms with E-state index in [1.165, 1.54) is 4.31 Å². The standard InChI is InChI=1S/C20H24ClN3O3S/c1-23-10-12-24(13-11-23)28(26,27)15-16-6-8-17(9-7-16)20(25)22-14-18-4-2-3-5-19(18)21/h2-9H,10-15H2,1H3,(H,22,25). The van der Waals surface area contributed by atoms with Gasteiger partial charge in [-0.25, -0.2) is 8.42 Å². The third-order valence-corrected chi connectivity index (χ3v) is 7.04. The lowest BCUT2D eigenvalue weighted by atomic mass is 10.1. The zero-order valence-corrected chi connectivity index (χ0v) is 17.3. The highest BCUT2D eigenvalue weighted by Crippen LogP contribution is 2.16. The zero-order valence-electron chi connectivity index (χ0n) is 15.8. The first-order valence-electron chi connectivity index (χ1n) is 9.12. The number of sulfonamides is 1. The normalized spacial score (nSPS) is 16.1. The van der Waals surface area contributed by atoms with Crippen molar-refractivity contribution in [2.75, 3.05) is 33.2 Å². The van der Waals surface area contributed by atoms with E-state index in [9.17, 15) is 13.2 Å². The minimum Gasteiger partial charge on any atom is -0.348 e. The quantitative estimate of drug-likeness (QED) is 0.777. The summed E-state index contributed by atoms with van der Waals surface area (Å²) in [5, 5.41) is 3.43. The number of hydrogen-bond donors (Lipinski definition) is 1. The molecule has 0 bridgehead atoms. The lowest BCUT2D eigenvalue weighted by molar-refractivity contribution is 0.0951. The summed E-state index contributed by atoms with van der Waals surface area (Å²) in [6, 6.07) is 14.0. The predicted octanol–water partition coefficient (Wildman–Crippen LogP) is 2.35. The number of amides is 1. The maximum absolute atomic E-state index is 12.6. The Balaban J connectivity index is 1.58. The summed E-state index contributed by atoms with van der Waals surface area (Å²) in [5.74, 6) is -0.286. The van der Waals surface area contributed by atoms with Gasteiger partial charge in [0.05, 0.1) is 5.75 Å². The van der Waals surface area contributed by atoms with Crippen molar-refractivity contribution >= 4 is 27.5 Å². The molecule has 2 aromatic rings. The van der Waals surface area contributed by atoms with Gasteiger partial charge in [-0.3, -0.25) is 4.79 Å². The highest BCUT2D eigenvalue weighted by atomic mass is 35.5. The number of benzene rings is 2. The average Bonchev–Trinajstić information content (AvgIpc) is 2.68. The Morgan fingerprint density at radius 1 is 1.04 bits per heavy atom. The monoisotopic (exact) mass is 421 g/mol.